The van der Waals surface area contributed by atoms with Crippen LogP contribution in [0.3, 0.4) is 0 Å². The Morgan fingerprint density at radius 1 is 1.22 bits per heavy atom. The number of hydrogen-bond donors (Lipinski definition) is 1. The minimum atomic E-state index is 0.610. The maximum atomic E-state index is 6.03. The highest BCUT2D eigenvalue weighted by atomic mass is 15.2. The molecule has 94 valence electrons. The zero-order valence-corrected chi connectivity index (χ0v) is 10.8. The summed E-state index contributed by atoms with van der Waals surface area (Å²) in [5, 5.41) is 2.28. The Bertz CT molecular complexity index is 565. The van der Waals surface area contributed by atoms with E-state index in [4.69, 9.17) is 5.73 Å². The van der Waals surface area contributed by atoms with E-state index in [1.165, 1.54) is 30.3 Å². The molecule has 0 aliphatic carbocycles. The first-order valence-corrected chi connectivity index (χ1v) is 6.66. The Kier molecular flexibility index (Phi) is 2.82. The van der Waals surface area contributed by atoms with Crippen LogP contribution < -0.4 is 10.6 Å². The molecular formula is C15H19N3. The molecule has 0 bridgehead atoms. The van der Waals surface area contributed by atoms with Gasteiger partial charge in [-0.3, -0.25) is 4.98 Å². The molecule has 0 amide bonds. The third-order valence-electron chi connectivity index (χ3n) is 3.94. The highest BCUT2D eigenvalue weighted by Gasteiger charge is 2.20. The van der Waals surface area contributed by atoms with Crippen LogP contribution in [0, 0.1) is 0 Å². The number of nitrogens with zero attached hydrogens (tertiary/aromatic N) is 2. The van der Waals surface area contributed by atoms with E-state index in [0.717, 1.165) is 17.6 Å². The third kappa shape index (κ3) is 1.80. The molecule has 2 aromatic rings. The van der Waals surface area contributed by atoms with Crippen LogP contribution in [0.2, 0.25) is 0 Å². The lowest BCUT2D eigenvalue weighted by Gasteiger charge is -2.36. The van der Waals surface area contributed by atoms with Crippen LogP contribution >= 0.6 is 0 Å². The molecule has 1 atom stereocenters. The molecule has 1 saturated heterocycles. The Morgan fingerprint density at radius 3 is 2.94 bits per heavy atom. The van der Waals surface area contributed by atoms with Crippen molar-refractivity contribution in [2.45, 2.75) is 32.2 Å². The number of piperidine rings is 1. The first-order chi connectivity index (χ1) is 8.77. The lowest BCUT2D eigenvalue weighted by Crippen LogP contribution is -2.37. The Hall–Kier alpha value is -1.77. The maximum Gasteiger partial charge on any atom is 0.0450 e. The van der Waals surface area contributed by atoms with Crippen molar-refractivity contribution in [3.05, 3.63) is 30.6 Å². The lowest BCUT2D eigenvalue weighted by molar-refractivity contribution is 0.486. The van der Waals surface area contributed by atoms with Crippen LogP contribution in [0.4, 0.5) is 11.4 Å². The molecule has 1 unspecified atom stereocenters. The van der Waals surface area contributed by atoms with Crippen molar-refractivity contribution < 1.29 is 0 Å². The van der Waals surface area contributed by atoms with E-state index in [-0.39, 0.29) is 0 Å². The summed E-state index contributed by atoms with van der Waals surface area (Å²) in [6.07, 6.45) is 7.60. The van der Waals surface area contributed by atoms with E-state index in [0.29, 0.717) is 6.04 Å². The molecule has 1 aromatic carbocycles. The number of hydrogen-bond acceptors (Lipinski definition) is 3. The Labute approximate surface area is 108 Å². The Balaban J connectivity index is 2.14. The van der Waals surface area contributed by atoms with Crippen molar-refractivity contribution in [1.29, 1.82) is 0 Å². The summed E-state index contributed by atoms with van der Waals surface area (Å²) in [5.41, 5.74) is 8.14. The van der Waals surface area contributed by atoms with Gasteiger partial charge in [0.2, 0.25) is 0 Å². The van der Waals surface area contributed by atoms with Gasteiger partial charge in [-0.1, -0.05) is 0 Å². The fraction of sp³-hybridized carbons (Fsp3) is 0.400. The summed E-state index contributed by atoms with van der Waals surface area (Å²) in [4.78, 5) is 6.69. The second-order valence-electron chi connectivity index (χ2n) is 5.13. The molecule has 3 rings (SSSR count). The summed E-state index contributed by atoms with van der Waals surface area (Å²) in [6.45, 7) is 3.45. The summed E-state index contributed by atoms with van der Waals surface area (Å²) >= 11 is 0. The summed E-state index contributed by atoms with van der Waals surface area (Å²) in [5.74, 6) is 0. The zero-order valence-electron chi connectivity index (χ0n) is 10.8. The molecule has 0 radical (unpaired) electrons. The smallest absolute Gasteiger partial charge is 0.0450 e. The molecular weight excluding hydrogens is 222 g/mol. The first-order valence-electron chi connectivity index (χ1n) is 6.66. The van der Waals surface area contributed by atoms with Crippen molar-refractivity contribution in [2.75, 3.05) is 17.2 Å². The average molecular weight is 241 g/mol. The van der Waals surface area contributed by atoms with Gasteiger partial charge >= 0.3 is 0 Å². The number of anilines is 2. The number of pyridine rings is 1. The molecule has 3 nitrogen and oxygen atoms in total. The summed E-state index contributed by atoms with van der Waals surface area (Å²) in [7, 11) is 0. The van der Waals surface area contributed by atoms with Gasteiger partial charge in [0, 0.05) is 47.1 Å². The van der Waals surface area contributed by atoms with E-state index >= 15 is 0 Å². The number of nitrogen functional groups attached to an aromatic ring is 1. The molecule has 1 fully saturated rings. The highest BCUT2D eigenvalue weighted by molar-refractivity contribution is 6.00. The van der Waals surface area contributed by atoms with Crippen molar-refractivity contribution in [3.63, 3.8) is 0 Å². The minimum Gasteiger partial charge on any atom is -0.398 e. The van der Waals surface area contributed by atoms with Crippen LogP contribution in [0.1, 0.15) is 26.2 Å². The van der Waals surface area contributed by atoms with Gasteiger partial charge in [0.05, 0.1) is 0 Å². The fourth-order valence-corrected chi connectivity index (χ4v) is 2.90. The number of benzene rings is 1. The van der Waals surface area contributed by atoms with Gasteiger partial charge in [0.15, 0.2) is 0 Å². The Morgan fingerprint density at radius 2 is 2.11 bits per heavy atom. The van der Waals surface area contributed by atoms with Crippen LogP contribution in [0.15, 0.2) is 30.6 Å². The van der Waals surface area contributed by atoms with Crippen molar-refractivity contribution in [3.8, 4) is 0 Å². The lowest BCUT2D eigenvalue weighted by atomic mass is 10.0. The molecule has 1 aromatic heterocycles. The number of rotatable bonds is 1. The zero-order chi connectivity index (χ0) is 12.5. The second kappa shape index (κ2) is 4.48. The molecule has 3 heteroatoms. The van der Waals surface area contributed by atoms with Crippen LogP contribution in [0.5, 0.6) is 0 Å². The SMILES string of the molecule is CC1CCCCN1c1ccc(N)c2cnccc12. The first kappa shape index (κ1) is 11.3. The topological polar surface area (TPSA) is 42.1 Å². The highest BCUT2D eigenvalue weighted by Crippen LogP contribution is 2.33. The summed E-state index contributed by atoms with van der Waals surface area (Å²) in [6, 6.07) is 6.83. The van der Waals surface area contributed by atoms with E-state index in [1.807, 2.05) is 18.5 Å². The molecule has 1 aliphatic heterocycles. The standard InChI is InChI=1S/C15H19N3/c1-11-4-2-3-9-18(11)15-6-5-14(16)13-10-17-8-7-12(13)15/h5-8,10-11H,2-4,9,16H2,1H3. The van der Waals surface area contributed by atoms with Crippen LogP contribution in [-0.4, -0.2) is 17.6 Å². The predicted molar refractivity (Wildman–Crippen MR) is 76.8 cm³/mol. The quantitative estimate of drug-likeness (QED) is 0.780. The second-order valence-corrected chi connectivity index (χ2v) is 5.13. The van der Waals surface area contributed by atoms with Gasteiger partial charge in [-0.25, -0.2) is 0 Å². The number of nitrogens with two attached hydrogens (primary N) is 1. The summed E-state index contributed by atoms with van der Waals surface area (Å²) < 4.78 is 0. The van der Waals surface area contributed by atoms with E-state index in [9.17, 15) is 0 Å². The largest absolute Gasteiger partial charge is 0.398 e. The van der Waals surface area contributed by atoms with Gasteiger partial charge in [-0.15, -0.1) is 0 Å². The molecule has 0 saturated carbocycles. The van der Waals surface area contributed by atoms with Gasteiger partial charge < -0.3 is 10.6 Å². The average Bonchev–Trinajstić information content (AvgIpc) is 2.41. The monoisotopic (exact) mass is 241 g/mol. The van der Waals surface area contributed by atoms with Crippen LogP contribution in [-0.2, 0) is 0 Å². The minimum absolute atomic E-state index is 0.610. The third-order valence-corrected chi connectivity index (χ3v) is 3.94. The number of aromatic nitrogens is 1. The maximum absolute atomic E-state index is 6.03. The van der Waals surface area contributed by atoms with Crippen LogP contribution in [0.25, 0.3) is 10.8 Å². The molecule has 18 heavy (non-hydrogen) atoms. The van der Waals surface area contributed by atoms with Crippen molar-refractivity contribution in [1.82, 2.24) is 4.98 Å². The molecule has 1 aliphatic rings. The van der Waals surface area contributed by atoms with Crippen molar-refractivity contribution in [2.24, 2.45) is 0 Å². The van der Waals surface area contributed by atoms with Gasteiger partial charge in [0.1, 0.15) is 0 Å². The van der Waals surface area contributed by atoms with Crippen molar-refractivity contribution >= 4 is 22.1 Å². The van der Waals surface area contributed by atoms with E-state index in [1.54, 1.807) is 0 Å². The molecule has 2 N–H and O–H groups in total. The van der Waals surface area contributed by atoms with Gasteiger partial charge in [-0.2, -0.15) is 0 Å². The molecule has 0 spiro atoms. The molecule has 2 heterocycles. The normalized spacial score (nSPS) is 20.3. The van der Waals surface area contributed by atoms with Gasteiger partial charge in [-0.05, 0) is 44.4 Å². The van der Waals surface area contributed by atoms with E-state index < -0.39 is 0 Å². The number of fused-ring (bicyclic) bond motifs is 1. The van der Waals surface area contributed by atoms with E-state index in [2.05, 4.69) is 28.9 Å². The fourth-order valence-electron chi connectivity index (χ4n) is 2.90. The van der Waals surface area contributed by atoms with Gasteiger partial charge in [0.25, 0.3) is 0 Å². The predicted octanol–water partition coefficient (Wildman–Crippen LogP) is 3.20.